The van der Waals surface area contributed by atoms with Crippen LogP contribution in [0.2, 0.25) is 0 Å². The van der Waals surface area contributed by atoms with Gasteiger partial charge in [0, 0.05) is 25.0 Å². The maximum atomic E-state index is 13.9. The fourth-order valence-corrected chi connectivity index (χ4v) is 2.55. The lowest BCUT2D eigenvalue weighted by Gasteiger charge is -2.20. The smallest absolute Gasteiger partial charge is 0.407 e. The molecule has 7 heteroatoms. The number of urea groups is 1. The fourth-order valence-electron chi connectivity index (χ4n) is 2.55. The molecular formula is C18H26FN3O3. The second-order valence-electron chi connectivity index (χ2n) is 7.30. The van der Waals surface area contributed by atoms with Crippen LogP contribution in [0.15, 0.2) is 24.3 Å². The number of rotatable bonds is 6. The molecule has 0 bridgehead atoms. The zero-order chi connectivity index (χ0) is 18.5. The van der Waals surface area contributed by atoms with Gasteiger partial charge in [-0.2, -0.15) is 0 Å². The number of halogens is 1. The summed E-state index contributed by atoms with van der Waals surface area (Å²) in [6.45, 7) is 6.27. The molecule has 1 aromatic rings. The third-order valence-corrected chi connectivity index (χ3v) is 3.96. The Morgan fingerprint density at radius 3 is 2.36 bits per heavy atom. The van der Waals surface area contributed by atoms with Crippen molar-refractivity contribution in [2.45, 2.75) is 44.6 Å². The quantitative estimate of drug-likeness (QED) is 0.690. The molecule has 25 heavy (non-hydrogen) atoms. The predicted molar refractivity (Wildman–Crippen MR) is 93.0 cm³/mol. The highest BCUT2D eigenvalue weighted by Gasteiger charge is 2.45. The summed E-state index contributed by atoms with van der Waals surface area (Å²) >= 11 is 0. The monoisotopic (exact) mass is 351 g/mol. The summed E-state index contributed by atoms with van der Waals surface area (Å²) in [6, 6.07) is 6.34. The lowest BCUT2D eigenvalue weighted by Crippen LogP contribution is -2.43. The van der Waals surface area contributed by atoms with Crippen LogP contribution in [-0.4, -0.2) is 37.4 Å². The van der Waals surface area contributed by atoms with Gasteiger partial charge in [0.25, 0.3) is 0 Å². The van der Waals surface area contributed by atoms with Gasteiger partial charge in [-0.1, -0.05) is 18.2 Å². The van der Waals surface area contributed by atoms with Gasteiger partial charge in [0.05, 0.1) is 0 Å². The van der Waals surface area contributed by atoms with Crippen molar-refractivity contribution in [2.75, 3.05) is 19.6 Å². The van der Waals surface area contributed by atoms with Gasteiger partial charge in [0.2, 0.25) is 0 Å². The lowest BCUT2D eigenvalue weighted by atomic mass is 9.95. The van der Waals surface area contributed by atoms with Crippen molar-refractivity contribution in [3.63, 3.8) is 0 Å². The second-order valence-corrected chi connectivity index (χ2v) is 7.30. The van der Waals surface area contributed by atoms with E-state index < -0.39 is 11.7 Å². The Morgan fingerprint density at radius 1 is 1.12 bits per heavy atom. The van der Waals surface area contributed by atoms with Crippen LogP contribution >= 0.6 is 0 Å². The topological polar surface area (TPSA) is 79.5 Å². The van der Waals surface area contributed by atoms with Crippen molar-refractivity contribution in [2.24, 2.45) is 0 Å². The largest absolute Gasteiger partial charge is 0.444 e. The van der Waals surface area contributed by atoms with E-state index in [0.29, 0.717) is 12.1 Å². The van der Waals surface area contributed by atoms with Crippen LogP contribution in [0.25, 0.3) is 0 Å². The van der Waals surface area contributed by atoms with E-state index in [0.717, 1.165) is 12.8 Å². The molecule has 1 saturated carbocycles. The number of carbonyl (C=O) groups is 2. The number of carbonyl (C=O) groups excluding carboxylic acids is 2. The predicted octanol–water partition coefficient (Wildman–Crippen LogP) is 2.68. The lowest BCUT2D eigenvalue weighted by molar-refractivity contribution is 0.0528. The Morgan fingerprint density at radius 2 is 1.76 bits per heavy atom. The average molecular weight is 351 g/mol. The summed E-state index contributed by atoms with van der Waals surface area (Å²) in [5.41, 5.74) is -0.195. The number of ether oxygens (including phenoxy) is 1. The van der Waals surface area contributed by atoms with Crippen molar-refractivity contribution in [1.82, 2.24) is 16.0 Å². The molecule has 1 aliphatic carbocycles. The molecule has 0 aliphatic heterocycles. The molecule has 1 aromatic carbocycles. The zero-order valence-corrected chi connectivity index (χ0v) is 14.9. The molecule has 2 rings (SSSR count). The minimum atomic E-state index is -0.555. The molecule has 6 nitrogen and oxygen atoms in total. The van der Waals surface area contributed by atoms with Crippen LogP contribution in [0.3, 0.4) is 0 Å². The molecule has 1 aliphatic rings. The average Bonchev–Trinajstić information content (AvgIpc) is 3.29. The molecule has 3 N–H and O–H groups in total. The summed E-state index contributed by atoms with van der Waals surface area (Å²) in [5.74, 6) is -0.233. The second kappa shape index (κ2) is 7.72. The Balaban J connectivity index is 1.67. The Bertz CT molecular complexity index is 624. The minimum absolute atomic E-state index is 0.233. The number of benzene rings is 1. The Kier molecular flexibility index (Phi) is 5.87. The molecule has 0 saturated heterocycles. The van der Waals surface area contributed by atoms with Crippen molar-refractivity contribution in [1.29, 1.82) is 0 Å². The molecule has 0 spiro atoms. The van der Waals surface area contributed by atoms with Crippen molar-refractivity contribution < 1.29 is 18.7 Å². The summed E-state index contributed by atoms with van der Waals surface area (Å²) in [7, 11) is 0. The number of nitrogens with one attached hydrogen (secondary N) is 3. The van der Waals surface area contributed by atoms with Gasteiger partial charge < -0.3 is 20.7 Å². The first-order valence-corrected chi connectivity index (χ1v) is 8.45. The highest BCUT2D eigenvalue weighted by Crippen LogP contribution is 2.48. The van der Waals surface area contributed by atoms with E-state index >= 15 is 0 Å². The van der Waals surface area contributed by atoms with E-state index in [4.69, 9.17) is 4.74 Å². The fraction of sp³-hybridized carbons (Fsp3) is 0.556. The van der Waals surface area contributed by atoms with E-state index in [-0.39, 0.29) is 30.4 Å². The molecule has 138 valence electrons. The highest BCUT2D eigenvalue weighted by atomic mass is 19.1. The molecular weight excluding hydrogens is 325 g/mol. The molecule has 1 fully saturated rings. The van der Waals surface area contributed by atoms with Gasteiger partial charge in [-0.05, 0) is 45.2 Å². The maximum absolute atomic E-state index is 13.9. The third kappa shape index (κ3) is 5.92. The number of hydrogen-bond acceptors (Lipinski definition) is 3. The first kappa shape index (κ1) is 19.0. The molecule has 0 unspecified atom stereocenters. The van der Waals surface area contributed by atoms with Crippen LogP contribution in [0.4, 0.5) is 14.0 Å². The zero-order valence-electron chi connectivity index (χ0n) is 14.9. The first-order chi connectivity index (χ1) is 11.7. The number of hydrogen-bond donors (Lipinski definition) is 3. The third-order valence-electron chi connectivity index (χ3n) is 3.96. The van der Waals surface area contributed by atoms with E-state index in [9.17, 15) is 14.0 Å². The Hall–Kier alpha value is -2.31. The summed E-state index contributed by atoms with van der Waals surface area (Å²) < 4.78 is 19.0. The Labute approximate surface area is 147 Å². The van der Waals surface area contributed by atoms with E-state index in [2.05, 4.69) is 16.0 Å². The van der Waals surface area contributed by atoms with Crippen LogP contribution in [-0.2, 0) is 10.2 Å². The molecule has 3 amide bonds. The van der Waals surface area contributed by atoms with Gasteiger partial charge >= 0.3 is 12.1 Å². The molecule has 0 aromatic heterocycles. The van der Waals surface area contributed by atoms with Gasteiger partial charge in [-0.15, -0.1) is 0 Å². The van der Waals surface area contributed by atoms with Gasteiger partial charge in [0.15, 0.2) is 0 Å². The van der Waals surface area contributed by atoms with Gasteiger partial charge in [-0.3, -0.25) is 0 Å². The number of amides is 3. The van der Waals surface area contributed by atoms with Crippen molar-refractivity contribution in [3.05, 3.63) is 35.6 Å². The molecule has 0 atom stereocenters. The maximum Gasteiger partial charge on any atom is 0.407 e. The van der Waals surface area contributed by atoms with Crippen LogP contribution in [0.1, 0.15) is 39.2 Å². The first-order valence-electron chi connectivity index (χ1n) is 8.45. The van der Waals surface area contributed by atoms with Crippen molar-refractivity contribution in [3.8, 4) is 0 Å². The van der Waals surface area contributed by atoms with Crippen LogP contribution < -0.4 is 16.0 Å². The van der Waals surface area contributed by atoms with Crippen LogP contribution in [0, 0.1) is 5.82 Å². The van der Waals surface area contributed by atoms with E-state index in [1.807, 2.05) is 0 Å². The van der Waals surface area contributed by atoms with E-state index in [1.165, 1.54) is 6.07 Å². The highest BCUT2D eigenvalue weighted by molar-refractivity contribution is 5.74. The summed E-state index contributed by atoms with van der Waals surface area (Å²) in [6.07, 6.45) is 1.19. The minimum Gasteiger partial charge on any atom is -0.444 e. The van der Waals surface area contributed by atoms with E-state index in [1.54, 1.807) is 39.0 Å². The normalized spacial score (nSPS) is 15.2. The van der Waals surface area contributed by atoms with Crippen molar-refractivity contribution >= 4 is 12.1 Å². The SMILES string of the molecule is CC(C)(C)OC(=O)NCCNC(=O)NCC1(c2ccccc2F)CC1. The standard InChI is InChI=1S/C18H26FN3O3/c1-17(2,3)25-16(24)21-11-10-20-15(23)22-12-18(8-9-18)13-6-4-5-7-14(13)19/h4-7H,8-12H2,1-3H3,(H,21,24)(H2,20,22,23). The molecule has 0 radical (unpaired) electrons. The molecule has 0 heterocycles. The number of alkyl carbamates (subject to hydrolysis) is 1. The summed E-state index contributed by atoms with van der Waals surface area (Å²) in [4.78, 5) is 23.3. The van der Waals surface area contributed by atoms with Crippen LogP contribution in [0.5, 0.6) is 0 Å². The van der Waals surface area contributed by atoms with Gasteiger partial charge in [-0.25, -0.2) is 14.0 Å². The van der Waals surface area contributed by atoms with Gasteiger partial charge in [0.1, 0.15) is 11.4 Å². The summed E-state index contributed by atoms with van der Waals surface area (Å²) in [5, 5.41) is 7.99.